The molecule has 0 aromatic carbocycles. The maximum Gasteiger partial charge on any atom is 0.347 e. The third kappa shape index (κ3) is 0.929. The van der Waals surface area contributed by atoms with Crippen molar-refractivity contribution in [1.82, 2.24) is 14.3 Å². The summed E-state index contributed by atoms with van der Waals surface area (Å²) in [5.74, 6) is 0.351. The third-order valence-corrected chi connectivity index (χ3v) is 2.11. The molecule has 5 nitrogen and oxygen atoms in total. The van der Waals surface area contributed by atoms with Crippen LogP contribution in [-0.2, 0) is 6.54 Å². The Morgan fingerprint density at radius 2 is 2.33 bits per heavy atom. The van der Waals surface area contributed by atoms with Crippen molar-refractivity contribution < 1.29 is 0 Å². The van der Waals surface area contributed by atoms with Gasteiger partial charge in [0.15, 0.2) is 0 Å². The smallest absolute Gasteiger partial charge is 0.347 e. The molecule has 1 aromatic heterocycles. The topological polar surface area (TPSA) is 65.8 Å². The zero-order chi connectivity index (χ0) is 8.72. The van der Waals surface area contributed by atoms with Gasteiger partial charge in [-0.15, -0.1) is 5.10 Å². The molecule has 0 unspecified atom stereocenters. The van der Waals surface area contributed by atoms with Crippen molar-refractivity contribution >= 4 is 5.95 Å². The van der Waals surface area contributed by atoms with E-state index in [-0.39, 0.29) is 5.69 Å². The highest BCUT2D eigenvalue weighted by atomic mass is 16.2. The van der Waals surface area contributed by atoms with Gasteiger partial charge in [-0.3, -0.25) is 4.57 Å². The largest absolute Gasteiger partial charge is 0.368 e. The van der Waals surface area contributed by atoms with Crippen molar-refractivity contribution in [3.8, 4) is 0 Å². The van der Waals surface area contributed by atoms with Gasteiger partial charge in [0.25, 0.3) is 0 Å². The standard InChI is InChI=1S/C7H12N4O/c1-2-10-7(12)11(5-3-4-5)6(8)9-10/h5H,2-4H2,1H3,(H2,8,9). The number of aromatic nitrogens is 3. The molecule has 1 aliphatic rings. The van der Waals surface area contributed by atoms with Crippen LogP contribution in [0, 0.1) is 0 Å². The van der Waals surface area contributed by atoms with Crippen LogP contribution >= 0.6 is 0 Å². The van der Waals surface area contributed by atoms with Gasteiger partial charge in [0.1, 0.15) is 0 Å². The average Bonchev–Trinajstić information content (AvgIpc) is 2.80. The minimum absolute atomic E-state index is 0.0718. The molecule has 1 aromatic rings. The molecule has 0 spiro atoms. The molecule has 1 aliphatic carbocycles. The Morgan fingerprint density at radius 3 is 2.75 bits per heavy atom. The molecule has 1 heterocycles. The van der Waals surface area contributed by atoms with E-state index in [9.17, 15) is 4.79 Å². The first-order valence-corrected chi connectivity index (χ1v) is 4.19. The monoisotopic (exact) mass is 168 g/mol. The van der Waals surface area contributed by atoms with E-state index in [2.05, 4.69) is 5.10 Å². The summed E-state index contributed by atoms with van der Waals surface area (Å²) in [4.78, 5) is 11.5. The number of rotatable bonds is 2. The van der Waals surface area contributed by atoms with E-state index < -0.39 is 0 Å². The van der Waals surface area contributed by atoms with E-state index in [1.165, 1.54) is 4.68 Å². The van der Waals surface area contributed by atoms with Gasteiger partial charge in [0.05, 0.1) is 0 Å². The Bertz CT molecular complexity index is 347. The minimum Gasteiger partial charge on any atom is -0.368 e. The second kappa shape index (κ2) is 2.36. The first kappa shape index (κ1) is 7.39. The summed E-state index contributed by atoms with van der Waals surface area (Å²) in [5, 5.41) is 3.93. The van der Waals surface area contributed by atoms with Crippen molar-refractivity contribution in [2.24, 2.45) is 0 Å². The summed E-state index contributed by atoms with van der Waals surface area (Å²) in [6.45, 7) is 2.47. The van der Waals surface area contributed by atoms with Gasteiger partial charge in [-0.1, -0.05) is 0 Å². The molecular weight excluding hydrogens is 156 g/mol. The number of aryl methyl sites for hydroxylation is 1. The number of hydrogen-bond acceptors (Lipinski definition) is 3. The van der Waals surface area contributed by atoms with Crippen LogP contribution in [0.5, 0.6) is 0 Å². The van der Waals surface area contributed by atoms with Crippen LogP contribution in [0.4, 0.5) is 5.95 Å². The molecular formula is C7H12N4O. The van der Waals surface area contributed by atoms with Gasteiger partial charge >= 0.3 is 5.69 Å². The highest BCUT2D eigenvalue weighted by Crippen LogP contribution is 2.34. The van der Waals surface area contributed by atoms with Gasteiger partial charge in [0, 0.05) is 12.6 Å². The fraction of sp³-hybridized carbons (Fsp3) is 0.714. The molecule has 2 N–H and O–H groups in total. The third-order valence-electron chi connectivity index (χ3n) is 2.11. The summed E-state index contributed by atoms with van der Waals surface area (Å²) in [7, 11) is 0. The van der Waals surface area contributed by atoms with Crippen molar-refractivity contribution in [2.45, 2.75) is 32.4 Å². The Hall–Kier alpha value is -1.26. The van der Waals surface area contributed by atoms with E-state index in [1.807, 2.05) is 6.92 Å². The van der Waals surface area contributed by atoms with Gasteiger partial charge in [-0.2, -0.15) is 0 Å². The molecule has 0 amide bonds. The molecule has 66 valence electrons. The molecule has 0 saturated heterocycles. The number of nitrogens with two attached hydrogens (primary N) is 1. The lowest BCUT2D eigenvalue weighted by molar-refractivity contribution is 0.607. The number of nitrogens with zero attached hydrogens (tertiary/aromatic N) is 3. The predicted molar refractivity (Wildman–Crippen MR) is 44.8 cm³/mol. The average molecular weight is 168 g/mol. The van der Waals surface area contributed by atoms with E-state index >= 15 is 0 Å². The minimum atomic E-state index is -0.0718. The maximum atomic E-state index is 11.5. The Balaban J connectivity index is 2.51. The molecule has 0 aliphatic heterocycles. The van der Waals surface area contributed by atoms with Crippen LogP contribution in [-0.4, -0.2) is 14.3 Å². The normalized spacial score (nSPS) is 16.8. The summed E-state index contributed by atoms with van der Waals surface area (Å²) in [6.07, 6.45) is 2.11. The fourth-order valence-electron chi connectivity index (χ4n) is 1.32. The molecule has 0 radical (unpaired) electrons. The van der Waals surface area contributed by atoms with Crippen LogP contribution in [0.3, 0.4) is 0 Å². The Kier molecular flexibility index (Phi) is 1.46. The van der Waals surface area contributed by atoms with Crippen molar-refractivity contribution in [3.05, 3.63) is 10.5 Å². The molecule has 12 heavy (non-hydrogen) atoms. The zero-order valence-electron chi connectivity index (χ0n) is 7.03. The summed E-state index contributed by atoms with van der Waals surface area (Å²) < 4.78 is 2.98. The molecule has 5 heteroatoms. The van der Waals surface area contributed by atoms with E-state index in [4.69, 9.17) is 5.73 Å². The van der Waals surface area contributed by atoms with Crippen LogP contribution in [0.25, 0.3) is 0 Å². The maximum absolute atomic E-state index is 11.5. The summed E-state index contributed by atoms with van der Waals surface area (Å²) in [5.41, 5.74) is 5.52. The predicted octanol–water partition coefficient (Wildman–Crippen LogP) is -0.0182. The highest BCUT2D eigenvalue weighted by molar-refractivity contribution is 5.17. The highest BCUT2D eigenvalue weighted by Gasteiger charge is 2.28. The van der Waals surface area contributed by atoms with Crippen LogP contribution in [0.15, 0.2) is 4.79 Å². The molecule has 0 atom stereocenters. The van der Waals surface area contributed by atoms with Crippen LogP contribution < -0.4 is 11.4 Å². The first-order chi connectivity index (χ1) is 5.74. The second-order valence-corrected chi connectivity index (χ2v) is 3.06. The van der Waals surface area contributed by atoms with Crippen LogP contribution in [0.1, 0.15) is 25.8 Å². The number of anilines is 1. The lowest BCUT2D eigenvalue weighted by Gasteiger charge is -1.95. The Labute approximate surface area is 69.8 Å². The summed E-state index contributed by atoms with van der Waals surface area (Å²) in [6, 6.07) is 0.317. The van der Waals surface area contributed by atoms with Gasteiger partial charge in [-0.25, -0.2) is 9.48 Å². The second-order valence-electron chi connectivity index (χ2n) is 3.06. The van der Waals surface area contributed by atoms with Crippen molar-refractivity contribution in [1.29, 1.82) is 0 Å². The van der Waals surface area contributed by atoms with Gasteiger partial charge in [-0.05, 0) is 19.8 Å². The SMILES string of the molecule is CCn1nc(N)n(C2CC2)c1=O. The van der Waals surface area contributed by atoms with Gasteiger partial charge in [0.2, 0.25) is 5.95 Å². The van der Waals surface area contributed by atoms with Gasteiger partial charge < -0.3 is 5.73 Å². The summed E-state index contributed by atoms with van der Waals surface area (Å²) >= 11 is 0. The lowest BCUT2D eigenvalue weighted by Crippen LogP contribution is -2.24. The first-order valence-electron chi connectivity index (χ1n) is 4.19. The fourth-order valence-corrected chi connectivity index (χ4v) is 1.32. The quantitative estimate of drug-likeness (QED) is 0.675. The van der Waals surface area contributed by atoms with E-state index in [0.717, 1.165) is 12.8 Å². The molecule has 2 rings (SSSR count). The number of hydrogen-bond donors (Lipinski definition) is 1. The molecule has 1 fully saturated rings. The van der Waals surface area contributed by atoms with E-state index in [1.54, 1.807) is 4.57 Å². The molecule has 0 bridgehead atoms. The van der Waals surface area contributed by atoms with Crippen molar-refractivity contribution in [3.63, 3.8) is 0 Å². The zero-order valence-corrected chi connectivity index (χ0v) is 7.03. The van der Waals surface area contributed by atoms with Crippen molar-refractivity contribution in [2.75, 3.05) is 5.73 Å². The lowest BCUT2D eigenvalue weighted by atomic mass is 10.7. The number of nitrogen functional groups attached to an aromatic ring is 1. The van der Waals surface area contributed by atoms with Crippen LogP contribution in [0.2, 0.25) is 0 Å². The van der Waals surface area contributed by atoms with E-state index in [0.29, 0.717) is 18.5 Å². The molecule has 1 saturated carbocycles. The Morgan fingerprint density at radius 1 is 1.67 bits per heavy atom.